The molecule has 1 N–H and O–H groups in total. The van der Waals surface area contributed by atoms with Gasteiger partial charge in [0.1, 0.15) is 24.0 Å². The molecule has 0 aliphatic heterocycles. The van der Waals surface area contributed by atoms with Gasteiger partial charge in [-0.3, -0.25) is 9.78 Å². The molecule has 5 heteroatoms. The van der Waals surface area contributed by atoms with Crippen LogP contribution in [0.25, 0.3) is 6.08 Å². The van der Waals surface area contributed by atoms with Gasteiger partial charge in [-0.2, -0.15) is 5.26 Å². The van der Waals surface area contributed by atoms with Crippen molar-refractivity contribution in [2.24, 2.45) is 0 Å². The van der Waals surface area contributed by atoms with Crippen LogP contribution in [-0.4, -0.2) is 10.9 Å². The Kier molecular flexibility index (Phi) is 7.99. The van der Waals surface area contributed by atoms with Gasteiger partial charge in [0.05, 0.1) is 5.69 Å². The highest BCUT2D eigenvalue weighted by molar-refractivity contribution is 6.10. The summed E-state index contributed by atoms with van der Waals surface area (Å²) in [7, 11) is 0. The smallest absolute Gasteiger partial charge is 0.266 e. The molecule has 33 heavy (non-hydrogen) atoms. The first kappa shape index (κ1) is 23.7. The molecule has 0 fully saturated rings. The van der Waals surface area contributed by atoms with Crippen molar-refractivity contribution in [2.75, 3.05) is 5.32 Å². The molecule has 0 spiro atoms. The molecule has 0 unspecified atom stereocenters. The summed E-state index contributed by atoms with van der Waals surface area (Å²) in [6, 6.07) is 17.6. The van der Waals surface area contributed by atoms with Crippen LogP contribution in [-0.2, 0) is 24.2 Å². The van der Waals surface area contributed by atoms with Gasteiger partial charge in [0, 0.05) is 11.9 Å². The molecule has 1 amide bonds. The molecule has 0 saturated carbocycles. The lowest BCUT2D eigenvalue weighted by Crippen LogP contribution is -2.16. The predicted molar refractivity (Wildman–Crippen MR) is 132 cm³/mol. The van der Waals surface area contributed by atoms with Crippen LogP contribution in [0, 0.1) is 25.2 Å². The monoisotopic (exact) mass is 439 g/mol. The zero-order valence-electron chi connectivity index (χ0n) is 19.6. The maximum atomic E-state index is 12.9. The number of para-hydroxylation sites is 1. The van der Waals surface area contributed by atoms with Gasteiger partial charge in [-0.15, -0.1) is 0 Å². The number of hydrogen-bond acceptors (Lipinski definition) is 4. The third-order valence-corrected chi connectivity index (χ3v) is 5.49. The Labute approximate surface area is 195 Å². The Balaban J connectivity index is 1.82. The summed E-state index contributed by atoms with van der Waals surface area (Å²) >= 11 is 0. The standard InChI is InChI=1S/C28H29N3O2/c1-5-22-10-9-11-23(6-2)26(22)31-28(32)24(17-29)16-21-14-19(3)27(20(4)15-21)33-18-25-12-7-8-13-30-25/h7-16H,5-6,18H2,1-4H3,(H,31,32)/b24-16+. The molecular formula is C28H29N3O2. The van der Waals surface area contributed by atoms with Crippen LogP contribution >= 0.6 is 0 Å². The molecule has 0 saturated heterocycles. The van der Waals surface area contributed by atoms with Gasteiger partial charge in [0.2, 0.25) is 0 Å². The molecule has 0 bridgehead atoms. The summed E-state index contributed by atoms with van der Waals surface area (Å²) in [5.41, 5.74) is 6.47. The number of aromatic nitrogens is 1. The number of amides is 1. The van der Waals surface area contributed by atoms with E-state index in [4.69, 9.17) is 4.74 Å². The van der Waals surface area contributed by atoms with E-state index in [-0.39, 0.29) is 5.57 Å². The van der Waals surface area contributed by atoms with E-state index >= 15 is 0 Å². The number of ether oxygens (including phenoxy) is 1. The molecule has 3 aromatic rings. The summed E-state index contributed by atoms with van der Waals surface area (Å²) < 4.78 is 5.99. The second kappa shape index (κ2) is 11.1. The fourth-order valence-electron chi connectivity index (χ4n) is 3.82. The molecule has 1 heterocycles. The maximum Gasteiger partial charge on any atom is 0.266 e. The minimum Gasteiger partial charge on any atom is -0.487 e. The van der Waals surface area contributed by atoms with Crippen molar-refractivity contribution in [3.05, 3.63) is 93.8 Å². The molecule has 0 radical (unpaired) electrons. The molecule has 2 aromatic carbocycles. The Hall–Kier alpha value is -3.91. The fourth-order valence-corrected chi connectivity index (χ4v) is 3.82. The number of carbonyl (C=O) groups is 1. The highest BCUT2D eigenvalue weighted by atomic mass is 16.5. The van der Waals surface area contributed by atoms with Crippen LogP contribution < -0.4 is 10.1 Å². The van der Waals surface area contributed by atoms with Crippen LogP contribution in [0.4, 0.5) is 5.69 Å². The van der Waals surface area contributed by atoms with Gasteiger partial charge >= 0.3 is 0 Å². The van der Waals surface area contributed by atoms with Gasteiger partial charge < -0.3 is 10.1 Å². The number of nitrogens with one attached hydrogen (secondary N) is 1. The minimum atomic E-state index is -0.404. The van der Waals surface area contributed by atoms with Crippen molar-refractivity contribution in [1.82, 2.24) is 4.98 Å². The Morgan fingerprint density at radius 2 is 1.73 bits per heavy atom. The number of rotatable bonds is 8. The lowest BCUT2D eigenvalue weighted by atomic mass is 10.0. The molecule has 3 rings (SSSR count). The number of pyridine rings is 1. The van der Waals surface area contributed by atoms with Gasteiger partial charge in [0.15, 0.2) is 0 Å². The van der Waals surface area contributed by atoms with Crippen molar-refractivity contribution in [3.63, 3.8) is 0 Å². The number of nitriles is 1. The minimum absolute atomic E-state index is 0.0592. The molecule has 1 aromatic heterocycles. The molecular weight excluding hydrogens is 410 g/mol. The van der Waals surface area contributed by atoms with Crippen LogP contribution in [0.2, 0.25) is 0 Å². The zero-order valence-corrected chi connectivity index (χ0v) is 19.6. The lowest BCUT2D eigenvalue weighted by molar-refractivity contribution is -0.112. The fraction of sp³-hybridized carbons (Fsp3) is 0.250. The van der Waals surface area contributed by atoms with Gasteiger partial charge in [0.25, 0.3) is 5.91 Å². The van der Waals surface area contributed by atoms with Crippen molar-refractivity contribution < 1.29 is 9.53 Å². The number of nitrogens with zero attached hydrogens (tertiary/aromatic N) is 2. The highest BCUT2D eigenvalue weighted by Gasteiger charge is 2.15. The van der Waals surface area contributed by atoms with Crippen LogP contribution in [0.1, 0.15) is 47.4 Å². The lowest BCUT2D eigenvalue weighted by Gasteiger charge is -2.15. The quantitative estimate of drug-likeness (QED) is 0.348. The van der Waals surface area contributed by atoms with E-state index in [1.165, 1.54) is 0 Å². The molecule has 0 atom stereocenters. The van der Waals surface area contributed by atoms with Gasteiger partial charge in [-0.05, 0) is 84.8 Å². The van der Waals surface area contributed by atoms with Gasteiger partial charge in [-0.1, -0.05) is 38.1 Å². The predicted octanol–water partition coefficient (Wildman–Crippen LogP) is 5.95. The number of benzene rings is 2. The van der Waals surface area contributed by atoms with E-state index < -0.39 is 5.91 Å². The van der Waals surface area contributed by atoms with Crippen LogP contribution in [0.5, 0.6) is 5.75 Å². The van der Waals surface area contributed by atoms with E-state index in [2.05, 4.69) is 30.2 Å². The normalized spacial score (nSPS) is 11.1. The molecule has 0 aliphatic carbocycles. The maximum absolute atomic E-state index is 12.9. The summed E-state index contributed by atoms with van der Waals surface area (Å²) in [5, 5.41) is 12.7. The Morgan fingerprint density at radius 1 is 1.06 bits per heavy atom. The van der Waals surface area contributed by atoms with E-state index in [0.717, 1.165) is 57.8 Å². The first-order valence-corrected chi connectivity index (χ1v) is 11.1. The average molecular weight is 440 g/mol. The van der Waals surface area contributed by atoms with E-state index in [1.54, 1.807) is 12.3 Å². The Bertz CT molecular complexity index is 1160. The Morgan fingerprint density at radius 3 is 2.27 bits per heavy atom. The number of aryl methyl sites for hydroxylation is 4. The van der Waals surface area contributed by atoms with Crippen LogP contribution in [0.15, 0.2) is 60.3 Å². The zero-order chi connectivity index (χ0) is 23.8. The summed E-state index contributed by atoms with van der Waals surface area (Å²) in [4.78, 5) is 17.2. The van der Waals surface area contributed by atoms with Gasteiger partial charge in [-0.25, -0.2) is 0 Å². The SMILES string of the molecule is CCc1cccc(CC)c1NC(=O)/C(C#N)=C/c1cc(C)c(OCc2ccccn2)c(C)c1. The summed E-state index contributed by atoms with van der Waals surface area (Å²) in [6.07, 6.45) is 4.96. The third kappa shape index (κ3) is 5.87. The second-order valence-corrected chi connectivity index (χ2v) is 7.88. The largest absolute Gasteiger partial charge is 0.487 e. The molecule has 5 nitrogen and oxygen atoms in total. The van der Waals surface area contributed by atoms with Crippen molar-refractivity contribution in [3.8, 4) is 11.8 Å². The summed E-state index contributed by atoms with van der Waals surface area (Å²) in [5.74, 6) is 0.379. The third-order valence-electron chi connectivity index (χ3n) is 5.49. The first-order valence-electron chi connectivity index (χ1n) is 11.1. The van der Waals surface area contributed by atoms with E-state index in [0.29, 0.717) is 6.61 Å². The van der Waals surface area contributed by atoms with Crippen molar-refractivity contribution in [2.45, 2.75) is 47.1 Å². The number of carbonyl (C=O) groups excluding carboxylic acids is 1. The highest BCUT2D eigenvalue weighted by Crippen LogP contribution is 2.27. The topological polar surface area (TPSA) is 75.0 Å². The number of hydrogen-bond donors (Lipinski definition) is 1. The molecule has 168 valence electrons. The second-order valence-electron chi connectivity index (χ2n) is 7.88. The van der Waals surface area contributed by atoms with Crippen molar-refractivity contribution in [1.29, 1.82) is 5.26 Å². The van der Waals surface area contributed by atoms with E-state index in [1.807, 2.05) is 62.4 Å². The molecule has 0 aliphatic rings. The number of anilines is 1. The summed E-state index contributed by atoms with van der Waals surface area (Å²) in [6.45, 7) is 8.38. The first-order chi connectivity index (χ1) is 16.0. The van der Waals surface area contributed by atoms with Crippen molar-refractivity contribution >= 4 is 17.7 Å². The van der Waals surface area contributed by atoms with Crippen LogP contribution in [0.3, 0.4) is 0 Å². The average Bonchev–Trinajstić information content (AvgIpc) is 2.82. The van der Waals surface area contributed by atoms with E-state index in [9.17, 15) is 10.1 Å².